The number of nitrogens with two attached hydrogens (primary N) is 1. The van der Waals surface area contributed by atoms with Crippen LogP contribution in [0, 0.1) is 16.0 Å². The van der Waals surface area contributed by atoms with Gasteiger partial charge < -0.3 is 5.73 Å². The Hall–Kier alpha value is -1.22. The Kier molecular flexibility index (Phi) is 4.52. The van der Waals surface area contributed by atoms with Crippen molar-refractivity contribution in [2.24, 2.45) is 11.7 Å². The third-order valence-electron chi connectivity index (χ3n) is 3.69. The van der Waals surface area contributed by atoms with Gasteiger partial charge in [-0.05, 0) is 24.5 Å². The van der Waals surface area contributed by atoms with Gasteiger partial charge in [-0.3, -0.25) is 10.1 Å². The third-order valence-corrected chi connectivity index (χ3v) is 5.87. The lowest BCUT2D eigenvalue weighted by Gasteiger charge is -2.34. The molecule has 116 valence electrons. The lowest BCUT2D eigenvalue weighted by Crippen LogP contribution is -2.48. The van der Waals surface area contributed by atoms with Gasteiger partial charge in [-0.1, -0.05) is 18.5 Å². The number of sulfonamides is 1. The maximum atomic E-state index is 12.5. The molecule has 1 aliphatic rings. The maximum Gasteiger partial charge on any atom is 0.289 e. The Bertz CT molecular complexity index is 664. The predicted octanol–water partition coefficient (Wildman–Crippen LogP) is 1.61. The minimum Gasteiger partial charge on any atom is -0.327 e. The summed E-state index contributed by atoms with van der Waals surface area (Å²) in [6.07, 6.45) is 0.566. The van der Waals surface area contributed by atoms with Gasteiger partial charge in [-0.25, -0.2) is 8.42 Å². The van der Waals surface area contributed by atoms with Crippen molar-refractivity contribution in [3.8, 4) is 0 Å². The van der Waals surface area contributed by atoms with Crippen molar-refractivity contribution < 1.29 is 13.3 Å². The molecule has 1 heterocycles. The molecule has 2 atom stereocenters. The van der Waals surface area contributed by atoms with Crippen LogP contribution >= 0.6 is 11.6 Å². The monoisotopic (exact) mass is 333 g/mol. The van der Waals surface area contributed by atoms with Gasteiger partial charge in [0.25, 0.3) is 5.69 Å². The first-order valence-corrected chi connectivity index (χ1v) is 8.25. The molecule has 7 nitrogen and oxygen atoms in total. The van der Waals surface area contributed by atoms with Crippen molar-refractivity contribution in [3.63, 3.8) is 0 Å². The molecule has 1 aliphatic heterocycles. The molecule has 2 unspecified atom stereocenters. The molecule has 21 heavy (non-hydrogen) atoms. The standard InChI is InChI=1S/C12H16ClN3O4S/c1-8-7-15(5-4-11(8)14)21(19,20)9-2-3-10(13)12(6-9)16(17)18/h2-3,6,8,11H,4-5,7,14H2,1H3. The number of benzene rings is 1. The van der Waals surface area contributed by atoms with E-state index in [0.717, 1.165) is 6.07 Å². The van der Waals surface area contributed by atoms with Gasteiger partial charge in [0.1, 0.15) is 5.02 Å². The Morgan fingerprint density at radius 1 is 1.48 bits per heavy atom. The first kappa shape index (κ1) is 16.2. The fourth-order valence-electron chi connectivity index (χ4n) is 2.29. The van der Waals surface area contributed by atoms with Gasteiger partial charge in [0.15, 0.2) is 0 Å². The summed E-state index contributed by atoms with van der Waals surface area (Å²) in [6, 6.07) is 3.47. The lowest BCUT2D eigenvalue weighted by molar-refractivity contribution is -0.384. The Balaban J connectivity index is 2.36. The second-order valence-corrected chi connectivity index (χ2v) is 7.51. The molecule has 0 aromatic heterocycles. The normalized spacial score (nSPS) is 24.0. The number of halogens is 1. The molecule has 2 N–H and O–H groups in total. The zero-order valence-electron chi connectivity index (χ0n) is 11.4. The van der Waals surface area contributed by atoms with E-state index in [0.29, 0.717) is 19.5 Å². The van der Waals surface area contributed by atoms with Gasteiger partial charge in [0.05, 0.1) is 9.82 Å². The molecule has 1 fully saturated rings. The van der Waals surface area contributed by atoms with Crippen molar-refractivity contribution in [1.29, 1.82) is 0 Å². The molecule has 1 aromatic rings. The lowest BCUT2D eigenvalue weighted by atomic mass is 9.96. The molecule has 0 spiro atoms. The number of nitro benzene ring substituents is 1. The average Bonchev–Trinajstić information content (AvgIpc) is 2.41. The highest BCUT2D eigenvalue weighted by molar-refractivity contribution is 7.89. The number of hydrogen-bond acceptors (Lipinski definition) is 5. The zero-order valence-corrected chi connectivity index (χ0v) is 13.0. The quantitative estimate of drug-likeness (QED) is 0.668. The molecule has 0 bridgehead atoms. The Labute approximate surface area is 127 Å². The maximum absolute atomic E-state index is 12.5. The van der Waals surface area contributed by atoms with Gasteiger partial charge in [0, 0.05) is 25.2 Å². The molecule has 1 aromatic carbocycles. The van der Waals surface area contributed by atoms with Crippen LogP contribution in [0.4, 0.5) is 5.69 Å². The minimum atomic E-state index is -3.78. The largest absolute Gasteiger partial charge is 0.327 e. The van der Waals surface area contributed by atoms with Gasteiger partial charge in [0.2, 0.25) is 10.0 Å². The van der Waals surface area contributed by atoms with Crippen LogP contribution in [-0.2, 0) is 10.0 Å². The van der Waals surface area contributed by atoms with Crippen LogP contribution in [0.25, 0.3) is 0 Å². The number of hydrogen-bond donors (Lipinski definition) is 1. The summed E-state index contributed by atoms with van der Waals surface area (Å²) in [5, 5.41) is 10.8. The van der Waals surface area contributed by atoms with Gasteiger partial charge >= 0.3 is 0 Å². The van der Waals surface area contributed by atoms with E-state index in [1.54, 1.807) is 0 Å². The second kappa shape index (κ2) is 5.88. The molecular formula is C12H16ClN3O4S. The molecule has 0 amide bonds. The van der Waals surface area contributed by atoms with E-state index in [-0.39, 0.29) is 21.9 Å². The SMILES string of the molecule is CC1CN(S(=O)(=O)c2ccc(Cl)c([N+](=O)[O-])c2)CCC1N. The van der Waals surface area contributed by atoms with Gasteiger partial charge in [-0.2, -0.15) is 4.31 Å². The third kappa shape index (κ3) is 3.18. The van der Waals surface area contributed by atoms with Crippen molar-refractivity contribution >= 4 is 27.3 Å². The molecule has 1 saturated heterocycles. The van der Waals surface area contributed by atoms with Crippen LogP contribution in [0.5, 0.6) is 0 Å². The highest BCUT2D eigenvalue weighted by atomic mass is 35.5. The van der Waals surface area contributed by atoms with Crippen LogP contribution < -0.4 is 5.73 Å². The first-order valence-electron chi connectivity index (χ1n) is 6.43. The summed E-state index contributed by atoms with van der Waals surface area (Å²) in [4.78, 5) is 10.0. The zero-order chi connectivity index (χ0) is 15.8. The number of piperidine rings is 1. The molecular weight excluding hydrogens is 318 g/mol. The van der Waals surface area contributed by atoms with Crippen LogP contribution in [0.15, 0.2) is 23.1 Å². The highest BCUT2D eigenvalue weighted by Gasteiger charge is 2.33. The van der Waals surface area contributed by atoms with Crippen LogP contribution in [-0.4, -0.2) is 36.8 Å². The van der Waals surface area contributed by atoms with Crippen LogP contribution in [0.2, 0.25) is 5.02 Å². The van der Waals surface area contributed by atoms with Crippen molar-refractivity contribution in [2.75, 3.05) is 13.1 Å². The van der Waals surface area contributed by atoms with E-state index >= 15 is 0 Å². The Morgan fingerprint density at radius 2 is 2.14 bits per heavy atom. The van der Waals surface area contributed by atoms with Crippen molar-refractivity contribution in [3.05, 3.63) is 33.3 Å². The molecule has 0 saturated carbocycles. The minimum absolute atomic E-state index is 0.0315. The number of nitro groups is 1. The van der Waals surface area contributed by atoms with E-state index in [1.165, 1.54) is 16.4 Å². The molecule has 0 radical (unpaired) electrons. The first-order chi connectivity index (χ1) is 9.73. The van der Waals surface area contributed by atoms with E-state index < -0.39 is 20.6 Å². The molecule has 9 heteroatoms. The predicted molar refractivity (Wildman–Crippen MR) is 78.6 cm³/mol. The van der Waals surface area contributed by atoms with E-state index in [9.17, 15) is 18.5 Å². The second-order valence-electron chi connectivity index (χ2n) is 5.16. The number of nitrogens with zero attached hydrogens (tertiary/aromatic N) is 2. The summed E-state index contributed by atoms with van der Waals surface area (Å²) >= 11 is 5.70. The summed E-state index contributed by atoms with van der Waals surface area (Å²) in [5.41, 5.74) is 5.46. The summed E-state index contributed by atoms with van der Waals surface area (Å²) < 4.78 is 26.4. The molecule has 0 aliphatic carbocycles. The topological polar surface area (TPSA) is 107 Å². The fraction of sp³-hybridized carbons (Fsp3) is 0.500. The van der Waals surface area contributed by atoms with Crippen LogP contribution in [0.1, 0.15) is 13.3 Å². The summed E-state index contributed by atoms with van der Waals surface area (Å²) in [6.45, 7) is 2.50. The van der Waals surface area contributed by atoms with E-state index in [4.69, 9.17) is 17.3 Å². The van der Waals surface area contributed by atoms with Crippen molar-refractivity contribution in [1.82, 2.24) is 4.31 Å². The molecule has 2 rings (SSSR count). The smallest absolute Gasteiger partial charge is 0.289 e. The summed E-state index contributed by atoms with van der Waals surface area (Å²) in [7, 11) is -3.78. The summed E-state index contributed by atoms with van der Waals surface area (Å²) in [5.74, 6) is 0.0378. The fourth-order valence-corrected chi connectivity index (χ4v) is 4.05. The highest BCUT2D eigenvalue weighted by Crippen LogP contribution is 2.30. The Morgan fingerprint density at radius 3 is 2.71 bits per heavy atom. The van der Waals surface area contributed by atoms with E-state index in [1.807, 2.05) is 6.92 Å². The van der Waals surface area contributed by atoms with E-state index in [2.05, 4.69) is 0 Å². The average molecular weight is 334 g/mol. The number of rotatable bonds is 3. The van der Waals surface area contributed by atoms with Crippen LogP contribution in [0.3, 0.4) is 0 Å². The van der Waals surface area contributed by atoms with Crippen molar-refractivity contribution in [2.45, 2.75) is 24.3 Å². The van der Waals surface area contributed by atoms with Gasteiger partial charge in [-0.15, -0.1) is 0 Å².